The zero-order chi connectivity index (χ0) is 8.55. The molecule has 0 amide bonds. The van der Waals surface area contributed by atoms with Gasteiger partial charge < -0.3 is 16.2 Å². The average molecular weight is 168 g/mol. The van der Waals surface area contributed by atoms with Crippen molar-refractivity contribution < 1.29 is 4.74 Å². The number of ether oxygens (including phenoxy) is 1. The topological polar surface area (TPSA) is 79.1 Å². The normalized spacial score (nSPS) is 29.4. The van der Waals surface area contributed by atoms with Gasteiger partial charge in [0.15, 0.2) is 0 Å². The Morgan fingerprint density at radius 2 is 2.42 bits per heavy atom. The lowest BCUT2D eigenvalue weighted by molar-refractivity contribution is 0.183. The van der Waals surface area contributed by atoms with Crippen LogP contribution in [0.1, 0.15) is 6.04 Å². The first-order valence-electron chi connectivity index (χ1n) is 3.90. The van der Waals surface area contributed by atoms with Gasteiger partial charge in [-0.3, -0.25) is 4.68 Å². The van der Waals surface area contributed by atoms with Gasteiger partial charge in [-0.25, -0.2) is 0 Å². The van der Waals surface area contributed by atoms with Crippen LogP contribution in [0.15, 0.2) is 12.4 Å². The molecule has 1 aliphatic rings. The van der Waals surface area contributed by atoms with Crippen molar-refractivity contribution in [2.24, 2.45) is 5.73 Å². The van der Waals surface area contributed by atoms with Crippen molar-refractivity contribution in [3.05, 3.63) is 12.4 Å². The minimum absolute atomic E-state index is 0.0318. The fraction of sp³-hybridized carbons (Fsp3) is 0.571. The highest BCUT2D eigenvalue weighted by molar-refractivity contribution is 5.30. The SMILES string of the molecule is Nc1cnn([C@H]2COC[C@H]2N)c1. The van der Waals surface area contributed by atoms with Gasteiger partial charge in [0.2, 0.25) is 0 Å². The van der Waals surface area contributed by atoms with Crippen LogP contribution in [-0.2, 0) is 4.74 Å². The maximum absolute atomic E-state index is 5.79. The van der Waals surface area contributed by atoms with Gasteiger partial charge in [-0.05, 0) is 0 Å². The van der Waals surface area contributed by atoms with Gasteiger partial charge in [0.05, 0.1) is 37.2 Å². The van der Waals surface area contributed by atoms with E-state index >= 15 is 0 Å². The summed E-state index contributed by atoms with van der Waals surface area (Å²) in [7, 11) is 0. The van der Waals surface area contributed by atoms with Crippen molar-refractivity contribution in [3.63, 3.8) is 0 Å². The summed E-state index contributed by atoms with van der Waals surface area (Å²) in [6.07, 6.45) is 3.39. The summed E-state index contributed by atoms with van der Waals surface area (Å²) < 4.78 is 6.98. The Balaban J connectivity index is 2.19. The number of aromatic nitrogens is 2. The van der Waals surface area contributed by atoms with Crippen LogP contribution in [0.25, 0.3) is 0 Å². The Morgan fingerprint density at radius 1 is 1.58 bits per heavy atom. The molecule has 4 N–H and O–H groups in total. The maximum Gasteiger partial charge on any atom is 0.0926 e. The molecule has 0 bridgehead atoms. The third-order valence-electron chi connectivity index (χ3n) is 2.05. The molecule has 1 fully saturated rings. The number of nitrogens with zero attached hydrogens (tertiary/aromatic N) is 2. The van der Waals surface area contributed by atoms with E-state index in [2.05, 4.69) is 5.10 Å². The van der Waals surface area contributed by atoms with E-state index in [0.717, 1.165) is 0 Å². The van der Waals surface area contributed by atoms with Crippen molar-refractivity contribution in [2.45, 2.75) is 12.1 Å². The second kappa shape index (κ2) is 2.76. The second-order valence-corrected chi connectivity index (χ2v) is 3.02. The average Bonchev–Trinajstić information content (AvgIpc) is 2.58. The van der Waals surface area contributed by atoms with Crippen molar-refractivity contribution in [1.29, 1.82) is 0 Å². The molecule has 0 aromatic carbocycles. The zero-order valence-electron chi connectivity index (χ0n) is 6.68. The minimum atomic E-state index is 0.0318. The van der Waals surface area contributed by atoms with Crippen LogP contribution in [0.5, 0.6) is 0 Å². The van der Waals surface area contributed by atoms with Gasteiger partial charge in [-0.2, -0.15) is 5.10 Å². The van der Waals surface area contributed by atoms with Crippen molar-refractivity contribution in [1.82, 2.24) is 9.78 Å². The molecule has 2 atom stereocenters. The molecule has 1 aromatic heterocycles. The number of hydrogen-bond donors (Lipinski definition) is 2. The number of anilines is 1. The minimum Gasteiger partial charge on any atom is -0.396 e. The lowest BCUT2D eigenvalue weighted by Gasteiger charge is -2.12. The Bertz CT molecular complexity index is 272. The summed E-state index contributed by atoms with van der Waals surface area (Å²) in [5.41, 5.74) is 12.0. The monoisotopic (exact) mass is 168 g/mol. The van der Waals surface area contributed by atoms with E-state index in [1.54, 1.807) is 17.1 Å². The molecule has 66 valence electrons. The summed E-state index contributed by atoms with van der Waals surface area (Å²) in [5.74, 6) is 0. The maximum atomic E-state index is 5.79. The third kappa shape index (κ3) is 1.17. The Kier molecular flexibility index (Phi) is 1.74. The molecule has 1 saturated heterocycles. The van der Waals surface area contributed by atoms with Crippen LogP contribution in [-0.4, -0.2) is 29.0 Å². The largest absolute Gasteiger partial charge is 0.396 e. The first-order valence-corrected chi connectivity index (χ1v) is 3.90. The molecule has 5 heteroatoms. The Hall–Kier alpha value is -1.07. The number of nitrogens with two attached hydrogens (primary N) is 2. The third-order valence-corrected chi connectivity index (χ3v) is 2.05. The molecule has 12 heavy (non-hydrogen) atoms. The van der Waals surface area contributed by atoms with E-state index in [4.69, 9.17) is 16.2 Å². The van der Waals surface area contributed by atoms with Crippen LogP contribution in [0.2, 0.25) is 0 Å². The molecule has 0 unspecified atom stereocenters. The highest BCUT2D eigenvalue weighted by atomic mass is 16.5. The van der Waals surface area contributed by atoms with E-state index in [1.165, 1.54) is 0 Å². The summed E-state index contributed by atoms with van der Waals surface area (Å²) in [4.78, 5) is 0. The van der Waals surface area contributed by atoms with Gasteiger partial charge >= 0.3 is 0 Å². The molecule has 1 aromatic rings. The molecule has 5 nitrogen and oxygen atoms in total. The van der Waals surface area contributed by atoms with Crippen molar-refractivity contribution >= 4 is 5.69 Å². The molecule has 0 aliphatic carbocycles. The van der Waals surface area contributed by atoms with Gasteiger partial charge in [0.25, 0.3) is 0 Å². The fourth-order valence-electron chi connectivity index (χ4n) is 1.37. The molecule has 0 saturated carbocycles. The number of rotatable bonds is 1. The van der Waals surface area contributed by atoms with E-state index in [0.29, 0.717) is 18.9 Å². The molecular weight excluding hydrogens is 156 g/mol. The van der Waals surface area contributed by atoms with Gasteiger partial charge in [-0.1, -0.05) is 0 Å². The van der Waals surface area contributed by atoms with Crippen LogP contribution in [0.4, 0.5) is 5.69 Å². The van der Waals surface area contributed by atoms with Gasteiger partial charge in [0.1, 0.15) is 0 Å². The Labute approximate surface area is 70.3 Å². The summed E-state index contributed by atoms with van der Waals surface area (Å²) in [5, 5.41) is 4.08. The molecular formula is C7H12N4O. The second-order valence-electron chi connectivity index (χ2n) is 3.02. The standard InChI is InChI=1S/C7H12N4O/c8-5-1-10-11(2-5)7-4-12-3-6(7)9/h1-2,6-7H,3-4,8-9H2/t6-,7+/m1/s1. The number of hydrogen-bond acceptors (Lipinski definition) is 4. The van der Waals surface area contributed by atoms with Crippen molar-refractivity contribution in [3.8, 4) is 0 Å². The fourth-order valence-corrected chi connectivity index (χ4v) is 1.37. The number of nitrogen functional groups attached to an aromatic ring is 1. The van der Waals surface area contributed by atoms with Gasteiger partial charge in [0, 0.05) is 6.20 Å². The van der Waals surface area contributed by atoms with Crippen molar-refractivity contribution in [2.75, 3.05) is 18.9 Å². The highest BCUT2D eigenvalue weighted by Gasteiger charge is 2.26. The van der Waals surface area contributed by atoms with Crippen LogP contribution in [0.3, 0.4) is 0 Å². The molecule has 0 spiro atoms. The first kappa shape index (κ1) is 7.57. The smallest absolute Gasteiger partial charge is 0.0926 e. The van der Waals surface area contributed by atoms with E-state index in [9.17, 15) is 0 Å². The Morgan fingerprint density at radius 3 is 2.92 bits per heavy atom. The quantitative estimate of drug-likeness (QED) is 0.584. The molecule has 2 rings (SSSR count). The summed E-state index contributed by atoms with van der Waals surface area (Å²) in [6.45, 7) is 1.23. The summed E-state index contributed by atoms with van der Waals surface area (Å²) in [6, 6.07) is 0.173. The predicted molar refractivity (Wildman–Crippen MR) is 44.5 cm³/mol. The van der Waals surface area contributed by atoms with E-state index < -0.39 is 0 Å². The lowest BCUT2D eigenvalue weighted by atomic mass is 10.2. The predicted octanol–water partition coefficient (Wildman–Crippen LogP) is -0.636. The van der Waals surface area contributed by atoms with Gasteiger partial charge in [-0.15, -0.1) is 0 Å². The van der Waals surface area contributed by atoms with Crippen LogP contribution >= 0.6 is 0 Å². The van der Waals surface area contributed by atoms with E-state index in [-0.39, 0.29) is 12.1 Å². The van der Waals surface area contributed by atoms with Crippen LogP contribution < -0.4 is 11.5 Å². The first-order chi connectivity index (χ1) is 5.77. The molecule has 2 heterocycles. The highest BCUT2D eigenvalue weighted by Crippen LogP contribution is 2.17. The zero-order valence-corrected chi connectivity index (χ0v) is 6.68. The summed E-state index contributed by atoms with van der Waals surface area (Å²) >= 11 is 0. The van der Waals surface area contributed by atoms with Crippen LogP contribution in [0, 0.1) is 0 Å². The molecule has 1 aliphatic heterocycles. The molecule has 0 radical (unpaired) electrons. The lowest BCUT2D eigenvalue weighted by Crippen LogP contribution is -2.31. The van der Waals surface area contributed by atoms with E-state index in [1.807, 2.05) is 0 Å².